The number of aryl methyl sites for hydroxylation is 1. The summed E-state index contributed by atoms with van der Waals surface area (Å²) in [6.45, 7) is 1.61. The van der Waals surface area contributed by atoms with Crippen LogP contribution in [-0.4, -0.2) is 49.0 Å². The summed E-state index contributed by atoms with van der Waals surface area (Å²) < 4.78 is 1.46. The summed E-state index contributed by atoms with van der Waals surface area (Å²) in [4.78, 5) is 25.8. The highest BCUT2D eigenvalue weighted by molar-refractivity contribution is 5.83. The number of aliphatic hydroxyl groups excluding tert-OH is 1. The van der Waals surface area contributed by atoms with Crippen LogP contribution >= 0.6 is 0 Å². The third-order valence-corrected chi connectivity index (χ3v) is 2.10. The van der Waals surface area contributed by atoms with E-state index < -0.39 is 24.0 Å². The maximum atomic E-state index is 11.4. The fourth-order valence-electron chi connectivity index (χ4n) is 1.20. The number of carbonyl (C=O) groups excluding carboxylic acids is 1. The molecule has 1 aromatic rings. The highest BCUT2D eigenvalue weighted by Crippen LogP contribution is 1.95. The number of aromatic nitrogens is 3. The van der Waals surface area contributed by atoms with Gasteiger partial charge in [-0.3, -0.25) is 9.48 Å². The SMILES string of the molecule is CC(O)C(NC(=O)CCn1cncn1)C(=O)O. The van der Waals surface area contributed by atoms with Crippen LogP contribution in [-0.2, 0) is 16.1 Å². The van der Waals surface area contributed by atoms with Crippen molar-refractivity contribution in [3.63, 3.8) is 0 Å². The van der Waals surface area contributed by atoms with Crippen LogP contribution in [0.3, 0.4) is 0 Å². The van der Waals surface area contributed by atoms with E-state index in [0.717, 1.165) is 0 Å². The molecule has 2 unspecified atom stereocenters. The Morgan fingerprint density at radius 1 is 1.53 bits per heavy atom. The van der Waals surface area contributed by atoms with Gasteiger partial charge in [0.1, 0.15) is 12.7 Å². The minimum Gasteiger partial charge on any atom is -0.480 e. The molecule has 94 valence electrons. The molecule has 0 aliphatic heterocycles. The number of nitrogens with one attached hydrogen (secondary N) is 1. The second-order valence-electron chi connectivity index (χ2n) is 3.53. The number of aliphatic carboxylic acids is 1. The first kappa shape index (κ1) is 13.1. The quantitative estimate of drug-likeness (QED) is 0.566. The van der Waals surface area contributed by atoms with Crippen LogP contribution in [0.5, 0.6) is 0 Å². The van der Waals surface area contributed by atoms with E-state index in [4.69, 9.17) is 10.2 Å². The van der Waals surface area contributed by atoms with Crippen molar-refractivity contribution in [2.45, 2.75) is 32.0 Å². The van der Waals surface area contributed by atoms with Gasteiger partial charge >= 0.3 is 5.97 Å². The third-order valence-electron chi connectivity index (χ3n) is 2.10. The van der Waals surface area contributed by atoms with Gasteiger partial charge < -0.3 is 15.5 Å². The average Bonchev–Trinajstić information content (AvgIpc) is 2.74. The standard InChI is InChI=1S/C9H14N4O4/c1-6(14)8(9(16)17)12-7(15)2-3-13-5-10-4-11-13/h4-6,8,14H,2-3H2,1H3,(H,12,15)(H,16,17). The summed E-state index contributed by atoms with van der Waals surface area (Å²) >= 11 is 0. The first-order chi connectivity index (χ1) is 8.00. The molecule has 1 heterocycles. The Balaban J connectivity index is 2.40. The van der Waals surface area contributed by atoms with Crippen molar-refractivity contribution in [3.05, 3.63) is 12.7 Å². The highest BCUT2D eigenvalue weighted by atomic mass is 16.4. The molecule has 8 nitrogen and oxygen atoms in total. The number of carboxylic acids is 1. The fourth-order valence-corrected chi connectivity index (χ4v) is 1.20. The summed E-state index contributed by atoms with van der Waals surface area (Å²) in [6.07, 6.45) is 1.72. The highest BCUT2D eigenvalue weighted by Gasteiger charge is 2.24. The van der Waals surface area contributed by atoms with E-state index in [9.17, 15) is 9.59 Å². The van der Waals surface area contributed by atoms with Crippen molar-refractivity contribution in [1.29, 1.82) is 0 Å². The Morgan fingerprint density at radius 3 is 2.71 bits per heavy atom. The first-order valence-corrected chi connectivity index (χ1v) is 5.03. The van der Waals surface area contributed by atoms with Gasteiger partial charge in [-0.2, -0.15) is 5.10 Å². The van der Waals surface area contributed by atoms with E-state index in [1.807, 2.05) is 0 Å². The molecule has 0 spiro atoms. The lowest BCUT2D eigenvalue weighted by molar-refractivity contribution is -0.144. The van der Waals surface area contributed by atoms with Gasteiger partial charge in [0.2, 0.25) is 5.91 Å². The summed E-state index contributed by atoms with van der Waals surface area (Å²) in [5, 5.41) is 23.9. The van der Waals surface area contributed by atoms with Gasteiger partial charge in [0.15, 0.2) is 6.04 Å². The topological polar surface area (TPSA) is 117 Å². The van der Waals surface area contributed by atoms with E-state index in [2.05, 4.69) is 15.4 Å². The van der Waals surface area contributed by atoms with Gasteiger partial charge in [-0.1, -0.05) is 0 Å². The maximum Gasteiger partial charge on any atom is 0.328 e. The molecule has 1 aromatic heterocycles. The van der Waals surface area contributed by atoms with Gasteiger partial charge in [-0.15, -0.1) is 0 Å². The van der Waals surface area contributed by atoms with Crippen molar-refractivity contribution in [2.75, 3.05) is 0 Å². The molecule has 0 saturated heterocycles. The summed E-state index contributed by atoms with van der Waals surface area (Å²) in [6, 6.07) is -1.29. The predicted molar refractivity (Wildman–Crippen MR) is 55.9 cm³/mol. The molecule has 0 aliphatic rings. The number of rotatable bonds is 6. The number of amides is 1. The monoisotopic (exact) mass is 242 g/mol. The minimum atomic E-state index is -1.29. The van der Waals surface area contributed by atoms with Crippen molar-refractivity contribution in [1.82, 2.24) is 20.1 Å². The molecule has 2 atom stereocenters. The normalized spacial score (nSPS) is 14.0. The van der Waals surface area contributed by atoms with Crippen LogP contribution in [0.2, 0.25) is 0 Å². The first-order valence-electron chi connectivity index (χ1n) is 5.03. The average molecular weight is 242 g/mol. The molecule has 17 heavy (non-hydrogen) atoms. The smallest absolute Gasteiger partial charge is 0.328 e. The second kappa shape index (κ2) is 5.94. The van der Waals surface area contributed by atoms with Crippen LogP contribution < -0.4 is 5.32 Å². The van der Waals surface area contributed by atoms with Crippen LogP contribution in [0.25, 0.3) is 0 Å². The van der Waals surface area contributed by atoms with Crippen molar-refractivity contribution >= 4 is 11.9 Å². The van der Waals surface area contributed by atoms with E-state index in [1.54, 1.807) is 0 Å². The second-order valence-corrected chi connectivity index (χ2v) is 3.53. The zero-order valence-corrected chi connectivity index (χ0v) is 9.28. The Bertz CT molecular complexity index is 376. The van der Waals surface area contributed by atoms with Gasteiger partial charge in [-0.25, -0.2) is 9.78 Å². The Labute approximate surface area is 97.3 Å². The maximum absolute atomic E-state index is 11.4. The van der Waals surface area contributed by atoms with Crippen LogP contribution in [0, 0.1) is 0 Å². The molecule has 1 amide bonds. The summed E-state index contributed by atoms with van der Waals surface area (Å²) in [5.74, 6) is -1.73. The Hall–Kier alpha value is -1.96. The molecule has 0 aromatic carbocycles. The molecule has 0 radical (unpaired) electrons. The number of hydrogen-bond acceptors (Lipinski definition) is 5. The van der Waals surface area contributed by atoms with Gasteiger partial charge in [0.05, 0.1) is 12.6 Å². The number of nitrogens with zero attached hydrogens (tertiary/aromatic N) is 3. The van der Waals surface area contributed by atoms with Crippen LogP contribution in [0.15, 0.2) is 12.7 Å². The lowest BCUT2D eigenvalue weighted by atomic mass is 10.2. The zero-order chi connectivity index (χ0) is 12.8. The molecular weight excluding hydrogens is 228 g/mol. The van der Waals surface area contributed by atoms with E-state index >= 15 is 0 Å². The van der Waals surface area contributed by atoms with Gasteiger partial charge in [-0.05, 0) is 6.92 Å². The number of hydrogen-bond donors (Lipinski definition) is 3. The Morgan fingerprint density at radius 2 is 2.24 bits per heavy atom. The number of aliphatic hydroxyl groups is 1. The predicted octanol–water partition coefficient (Wildman–Crippen LogP) is -1.38. The third kappa shape index (κ3) is 4.19. The summed E-state index contributed by atoms with van der Waals surface area (Å²) in [5.41, 5.74) is 0. The molecule has 0 aliphatic carbocycles. The molecule has 3 N–H and O–H groups in total. The molecule has 0 bridgehead atoms. The molecule has 0 fully saturated rings. The van der Waals surface area contributed by atoms with E-state index in [-0.39, 0.29) is 6.42 Å². The van der Waals surface area contributed by atoms with Crippen LogP contribution in [0.4, 0.5) is 0 Å². The van der Waals surface area contributed by atoms with Gasteiger partial charge in [0.25, 0.3) is 0 Å². The van der Waals surface area contributed by atoms with Crippen molar-refractivity contribution in [3.8, 4) is 0 Å². The minimum absolute atomic E-state index is 0.0693. The molecule has 0 saturated carbocycles. The van der Waals surface area contributed by atoms with Crippen molar-refractivity contribution < 1.29 is 19.8 Å². The largest absolute Gasteiger partial charge is 0.480 e. The van der Waals surface area contributed by atoms with Crippen molar-refractivity contribution in [2.24, 2.45) is 0 Å². The lowest BCUT2D eigenvalue weighted by Gasteiger charge is -2.16. The fraction of sp³-hybridized carbons (Fsp3) is 0.556. The molecular formula is C9H14N4O4. The van der Waals surface area contributed by atoms with Crippen LogP contribution in [0.1, 0.15) is 13.3 Å². The number of carbonyl (C=O) groups is 2. The summed E-state index contributed by atoms with van der Waals surface area (Å²) in [7, 11) is 0. The molecule has 1 rings (SSSR count). The van der Waals surface area contributed by atoms with Gasteiger partial charge in [0, 0.05) is 6.42 Å². The van der Waals surface area contributed by atoms with E-state index in [0.29, 0.717) is 6.54 Å². The molecule has 8 heteroatoms. The number of carboxylic acid groups (broad SMARTS) is 1. The Kier molecular flexibility index (Phi) is 4.58. The zero-order valence-electron chi connectivity index (χ0n) is 9.28. The van der Waals surface area contributed by atoms with E-state index in [1.165, 1.54) is 24.3 Å². The lowest BCUT2D eigenvalue weighted by Crippen LogP contribution is -2.47.